The standard InChI is InChI=1S/C8H17NO/c1-7(2)8-5-9-3-4-10-6-8/h7-9H,3-6H2,1-2H3/t8-/m1/s1. The fraction of sp³-hybridized carbons (Fsp3) is 1.00. The van der Waals surface area contributed by atoms with E-state index in [0.29, 0.717) is 5.92 Å². The summed E-state index contributed by atoms with van der Waals surface area (Å²) in [5.74, 6) is 1.45. The van der Waals surface area contributed by atoms with E-state index in [4.69, 9.17) is 4.74 Å². The summed E-state index contributed by atoms with van der Waals surface area (Å²) < 4.78 is 5.41. The quantitative estimate of drug-likeness (QED) is 0.588. The highest BCUT2D eigenvalue weighted by Crippen LogP contribution is 2.11. The molecule has 60 valence electrons. The van der Waals surface area contributed by atoms with E-state index in [0.717, 1.165) is 32.2 Å². The zero-order chi connectivity index (χ0) is 7.40. The monoisotopic (exact) mass is 143 g/mol. The number of hydrogen-bond acceptors (Lipinski definition) is 2. The zero-order valence-electron chi connectivity index (χ0n) is 6.89. The van der Waals surface area contributed by atoms with Crippen molar-refractivity contribution in [3.8, 4) is 0 Å². The van der Waals surface area contributed by atoms with Crippen LogP contribution in [0.4, 0.5) is 0 Å². The summed E-state index contributed by atoms with van der Waals surface area (Å²) >= 11 is 0. The van der Waals surface area contributed by atoms with Crippen molar-refractivity contribution in [2.75, 3.05) is 26.3 Å². The van der Waals surface area contributed by atoms with Crippen molar-refractivity contribution in [2.24, 2.45) is 11.8 Å². The Morgan fingerprint density at radius 3 is 3.00 bits per heavy atom. The minimum absolute atomic E-state index is 0.711. The maximum atomic E-state index is 5.41. The van der Waals surface area contributed by atoms with Gasteiger partial charge in [-0.2, -0.15) is 0 Å². The molecule has 1 N–H and O–H groups in total. The lowest BCUT2D eigenvalue weighted by atomic mass is 9.97. The van der Waals surface area contributed by atoms with Gasteiger partial charge >= 0.3 is 0 Å². The SMILES string of the molecule is CC(C)[C@@H]1CNCCOC1. The third-order valence-electron chi connectivity index (χ3n) is 2.10. The second-order valence-electron chi connectivity index (χ2n) is 3.28. The predicted molar refractivity (Wildman–Crippen MR) is 42.0 cm³/mol. The molecule has 0 radical (unpaired) electrons. The second-order valence-corrected chi connectivity index (χ2v) is 3.28. The molecule has 1 heterocycles. The van der Waals surface area contributed by atoms with Crippen LogP contribution in [0.2, 0.25) is 0 Å². The first-order valence-corrected chi connectivity index (χ1v) is 4.09. The van der Waals surface area contributed by atoms with Gasteiger partial charge in [-0.1, -0.05) is 13.8 Å². The highest BCUT2D eigenvalue weighted by Gasteiger charge is 2.14. The van der Waals surface area contributed by atoms with E-state index in [2.05, 4.69) is 19.2 Å². The minimum Gasteiger partial charge on any atom is -0.380 e. The highest BCUT2D eigenvalue weighted by atomic mass is 16.5. The van der Waals surface area contributed by atoms with Crippen molar-refractivity contribution < 1.29 is 4.74 Å². The molecular weight excluding hydrogens is 126 g/mol. The van der Waals surface area contributed by atoms with Crippen LogP contribution >= 0.6 is 0 Å². The van der Waals surface area contributed by atoms with Crippen LogP contribution in [-0.2, 0) is 4.74 Å². The van der Waals surface area contributed by atoms with Crippen molar-refractivity contribution >= 4 is 0 Å². The summed E-state index contributed by atoms with van der Waals surface area (Å²) in [5.41, 5.74) is 0. The van der Waals surface area contributed by atoms with Crippen LogP contribution in [0.25, 0.3) is 0 Å². The normalized spacial score (nSPS) is 28.5. The summed E-state index contributed by atoms with van der Waals surface area (Å²) in [4.78, 5) is 0. The van der Waals surface area contributed by atoms with Gasteiger partial charge in [-0.3, -0.25) is 0 Å². The highest BCUT2D eigenvalue weighted by molar-refractivity contribution is 4.67. The van der Waals surface area contributed by atoms with Gasteiger partial charge in [0.1, 0.15) is 0 Å². The van der Waals surface area contributed by atoms with Crippen LogP contribution < -0.4 is 5.32 Å². The molecule has 1 aliphatic heterocycles. The number of hydrogen-bond donors (Lipinski definition) is 1. The molecule has 0 aromatic carbocycles. The van der Waals surface area contributed by atoms with E-state index >= 15 is 0 Å². The van der Waals surface area contributed by atoms with Gasteiger partial charge < -0.3 is 10.1 Å². The third-order valence-corrected chi connectivity index (χ3v) is 2.10. The molecule has 1 atom stereocenters. The number of rotatable bonds is 1. The van der Waals surface area contributed by atoms with Gasteiger partial charge in [0.25, 0.3) is 0 Å². The maximum Gasteiger partial charge on any atom is 0.0591 e. The van der Waals surface area contributed by atoms with E-state index in [1.54, 1.807) is 0 Å². The average Bonchev–Trinajstić information content (AvgIpc) is 2.12. The Labute approximate surface area is 63.0 Å². The van der Waals surface area contributed by atoms with E-state index in [9.17, 15) is 0 Å². The molecule has 0 aromatic heterocycles. The fourth-order valence-electron chi connectivity index (χ4n) is 1.15. The van der Waals surface area contributed by atoms with Crippen molar-refractivity contribution in [2.45, 2.75) is 13.8 Å². The van der Waals surface area contributed by atoms with Crippen LogP contribution in [0.1, 0.15) is 13.8 Å². The van der Waals surface area contributed by atoms with Gasteiger partial charge in [0.2, 0.25) is 0 Å². The summed E-state index contributed by atoms with van der Waals surface area (Å²) in [5, 5.41) is 3.35. The molecule has 10 heavy (non-hydrogen) atoms. The molecule has 0 unspecified atom stereocenters. The molecule has 0 aliphatic carbocycles. The molecule has 2 nitrogen and oxygen atoms in total. The summed E-state index contributed by atoms with van der Waals surface area (Å²) in [6.45, 7) is 8.46. The van der Waals surface area contributed by atoms with Gasteiger partial charge in [0.05, 0.1) is 13.2 Å². The van der Waals surface area contributed by atoms with Crippen LogP contribution in [0.15, 0.2) is 0 Å². The lowest BCUT2D eigenvalue weighted by molar-refractivity contribution is 0.108. The van der Waals surface area contributed by atoms with Crippen LogP contribution in [-0.4, -0.2) is 26.3 Å². The van der Waals surface area contributed by atoms with Gasteiger partial charge in [0, 0.05) is 13.1 Å². The number of nitrogens with one attached hydrogen (secondary N) is 1. The van der Waals surface area contributed by atoms with Gasteiger partial charge in [-0.15, -0.1) is 0 Å². The molecule has 0 aromatic rings. The third kappa shape index (κ3) is 2.27. The van der Waals surface area contributed by atoms with E-state index in [-0.39, 0.29) is 0 Å². The summed E-state index contributed by atoms with van der Waals surface area (Å²) in [7, 11) is 0. The average molecular weight is 143 g/mol. The predicted octanol–water partition coefficient (Wildman–Crippen LogP) is 0.878. The van der Waals surface area contributed by atoms with Crippen LogP contribution in [0.5, 0.6) is 0 Å². The molecule has 1 saturated heterocycles. The Balaban J connectivity index is 2.28. The Hall–Kier alpha value is -0.0800. The van der Waals surface area contributed by atoms with E-state index in [1.807, 2.05) is 0 Å². The fourth-order valence-corrected chi connectivity index (χ4v) is 1.15. The lowest BCUT2D eigenvalue weighted by Gasteiger charge is -2.16. The number of ether oxygens (including phenoxy) is 1. The molecule has 0 saturated carbocycles. The first kappa shape index (κ1) is 8.02. The first-order chi connectivity index (χ1) is 4.80. The van der Waals surface area contributed by atoms with Gasteiger partial charge in [-0.25, -0.2) is 0 Å². The summed E-state index contributed by atoms with van der Waals surface area (Å²) in [6, 6.07) is 0. The minimum atomic E-state index is 0.711. The molecule has 0 spiro atoms. The topological polar surface area (TPSA) is 21.3 Å². The van der Waals surface area contributed by atoms with Crippen molar-refractivity contribution in [3.05, 3.63) is 0 Å². The van der Waals surface area contributed by atoms with Crippen molar-refractivity contribution in [3.63, 3.8) is 0 Å². The Bertz CT molecular complexity index is 85.3. The Morgan fingerprint density at radius 2 is 2.30 bits per heavy atom. The molecule has 0 amide bonds. The van der Waals surface area contributed by atoms with Crippen molar-refractivity contribution in [1.29, 1.82) is 0 Å². The Kier molecular flexibility index (Phi) is 3.16. The van der Waals surface area contributed by atoms with E-state index in [1.165, 1.54) is 0 Å². The molecule has 2 heteroatoms. The molecule has 1 fully saturated rings. The Morgan fingerprint density at radius 1 is 1.50 bits per heavy atom. The molecule has 1 rings (SSSR count). The maximum absolute atomic E-state index is 5.41. The smallest absolute Gasteiger partial charge is 0.0591 e. The van der Waals surface area contributed by atoms with Gasteiger partial charge in [-0.05, 0) is 11.8 Å². The van der Waals surface area contributed by atoms with E-state index < -0.39 is 0 Å². The molecular formula is C8H17NO. The largest absolute Gasteiger partial charge is 0.380 e. The first-order valence-electron chi connectivity index (χ1n) is 4.09. The van der Waals surface area contributed by atoms with Crippen LogP contribution in [0.3, 0.4) is 0 Å². The molecule has 0 bridgehead atoms. The zero-order valence-corrected chi connectivity index (χ0v) is 6.89. The summed E-state index contributed by atoms with van der Waals surface area (Å²) in [6.07, 6.45) is 0. The lowest BCUT2D eigenvalue weighted by Crippen LogP contribution is -2.26. The molecule has 1 aliphatic rings. The van der Waals surface area contributed by atoms with Crippen LogP contribution in [0, 0.1) is 11.8 Å². The van der Waals surface area contributed by atoms with Crippen molar-refractivity contribution in [1.82, 2.24) is 5.32 Å². The second kappa shape index (κ2) is 3.94. The van der Waals surface area contributed by atoms with Gasteiger partial charge in [0.15, 0.2) is 0 Å².